The van der Waals surface area contributed by atoms with Gasteiger partial charge in [-0.25, -0.2) is 4.39 Å². The second-order valence-electron chi connectivity index (χ2n) is 4.58. The van der Waals surface area contributed by atoms with Gasteiger partial charge >= 0.3 is 0 Å². The zero-order valence-corrected chi connectivity index (χ0v) is 10.5. The van der Waals surface area contributed by atoms with E-state index in [4.69, 9.17) is 0 Å². The van der Waals surface area contributed by atoms with E-state index in [1.807, 2.05) is 13.0 Å². The molecule has 0 aliphatic carbocycles. The minimum Gasteiger partial charge on any atom is -0.316 e. The summed E-state index contributed by atoms with van der Waals surface area (Å²) < 4.78 is 13.1. The maximum atomic E-state index is 13.1. The van der Waals surface area contributed by atoms with Crippen LogP contribution >= 0.6 is 0 Å². The van der Waals surface area contributed by atoms with E-state index < -0.39 is 0 Å². The molecule has 0 aromatic heterocycles. The summed E-state index contributed by atoms with van der Waals surface area (Å²) in [6.07, 6.45) is 2.10. The maximum absolute atomic E-state index is 13.1. The van der Waals surface area contributed by atoms with E-state index >= 15 is 0 Å². The summed E-state index contributed by atoms with van der Waals surface area (Å²) in [5, 5.41) is 3.40. The fraction of sp³-hybridized carbons (Fsp3) is 0.571. The summed E-state index contributed by atoms with van der Waals surface area (Å²) in [7, 11) is 0. The van der Waals surface area contributed by atoms with Crippen molar-refractivity contribution in [3.8, 4) is 0 Å². The molecule has 0 radical (unpaired) electrons. The molecule has 0 aliphatic heterocycles. The van der Waals surface area contributed by atoms with Crippen LogP contribution in [0.3, 0.4) is 0 Å². The second kappa shape index (κ2) is 6.64. The lowest BCUT2D eigenvalue weighted by Crippen LogP contribution is -2.23. The highest BCUT2D eigenvalue weighted by Gasteiger charge is 2.06. The van der Waals surface area contributed by atoms with Gasteiger partial charge in [-0.2, -0.15) is 0 Å². The van der Waals surface area contributed by atoms with E-state index in [1.54, 1.807) is 6.07 Å². The lowest BCUT2D eigenvalue weighted by Gasteiger charge is -2.14. The van der Waals surface area contributed by atoms with Gasteiger partial charge in [0.15, 0.2) is 0 Å². The Morgan fingerprint density at radius 3 is 2.81 bits per heavy atom. The van der Waals surface area contributed by atoms with Gasteiger partial charge in [-0.3, -0.25) is 0 Å². The lowest BCUT2D eigenvalue weighted by molar-refractivity contribution is 0.508. The first-order valence-electron chi connectivity index (χ1n) is 6.09. The van der Waals surface area contributed by atoms with Crippen LogP contribution in [0.4, 0.5) is 4.39 Å². The molecule has 1 aromatic rings. The number of rotatable bonds is 6. The van der Waals surface area contributed by atoms with Crippen LogP contribution in [-0.4, -0.2) is 13.1 Å². The fourth-order valence-corrected chi connectivity index (χ4v) is 1.83. The Morgan fingerprint density at radius 1 is 1.38 bits per heavy atom. The number of aryl methyl sites for hydroxylation is 1. The van der Waals surface area contributed by atoms with Crippen molar-refractivity contribution in [3.63, 3.8) is 0 Å². The summed E-state index contributed by atoms with van der Waals surface area (Å²) in [5.74, 6) is 0.418. The third-order valence-electron chi connectivity index (χ3n) is 2.80. The Bertz CT molecular complexity index is 323. The molecular weight excluding hydrogens is 201 g/mol. The van der Waals surface area contributed by atoms with Crippen LogP contribution in [0.1, 0.15) is 31.4 Å². The minimum atomic E-state index is -0.130. The van der Waals surface area contributed by atoms with E-state index in [-0.39, 0.29) is 5.82 Å². The topological polar surface area (TPSA) is 12.0 Å². The first-order valence-corrected chi connectivity index (χ1v) is 6.09. The second-order valence-corrected chi connectivity index (χ2v) is 4.58. The van der Waals surface area contributed by atoms with Crippen LogP contribution in [0.15, 0.2) is 18.2 Å². The van der Waals surface area contributed by atoms with Gasteiger partial charge in [-0.05, 0) is 62.0 Å². The highest BCUT2D eigenvalue weighted by molar-refractivity contribution is 5.26. The van der Waals surface area contributed by atoms with Crippen molar-refractivity contribution in [2.45, 2.75) is 33.6 Å². The van der Waals surface area contributed by atoms with Crippen LogP contribution in [-0.2, 0) is 6.42 Å². The van der Waals surface area contributed by atoms with Crippen molar-refractivity contribution in [3.05, 3.63) is 35.1 Å². The smallest absolute Gasteiger partial charge is 0.123 e. The molecule has 16 heavy (non-hydrogen) atoms. The van der Waals surface area contributed by atoms with Gasteiger partial charge in [0.05, 0.1) is 0 Å². The monoisotopic (exact) mass is 223 g/mol. The molecule has 0 fully saturated rings. The third-order valence-corrected chi connectivity index (χ3v) is 2.80. The molecule has 90 valence electrons. The molecule has 0 spiro atoms. The highest BCUT2D eigenvalue weighted by Crippen LogP contribution is 2.14. The van der Waals surface area contributed by atoms with Gasteiger partial charge in [0.1, 0.15) is 5.82 Å². The standard InChI is InChI=1S/C14H22FN/c1-4-7-16-10-11(2)8-13-9-14(15)6-5-12(13)3/h5-6,9,11,16H,4,7-8,10H2,1-3H3. The van der Waals surface area contributed by atoms with Gasteiger partial charge in [0, 0.05) is 0 Å². The van der Waals surface area contributed by atoms with Crippen molar-refractivity contribution < 1.29 is 4.39 Å². The van der Waals surface area contributed by atoms with Gasteiger partial charge in [-0.1, -0.05) is 19.9 Å². The van der Waals surface area contributed by atoms with Gasteiger partial charge < -0.3 is 5.32 Å². The van der Waals surface area contributed by atoms with Crippen molar-refractivity contribution >= 4 is 0 Å². The molecule has 0 saturated heterocycles. The van der Waals surface area contributed by atoms with Crippen LogP contribution < -0.4 is 5.32 Å². The number of hydrogen-bond donors (Lipinski definition) is 1. The molecule has 0 saturated carbocycles. The molecule has 1 nitrogen and oxygen atoms in total. The summed E-state index contributed by atoms with van der Waals surface area (Å²) in [4.78, 5) is 0. The maximum Gasteiger partial charge on any atom is 0.123 e. The minimum absolute atomic E-state index is 0.130. The number of hydrogen-bond acceptors (Lipinski definition) is 1. The van der Waals surface area contributed by atoms with Crippen molar-refractivity contribution in [1.82, 2.24) is 5.32 Å². The zero-order valence-electron chi connectivity index (χ0n) is 10.5. The van der Waals surface area contributed by atoms with Crippen LogP contribution in [0, 0.1) is 18.7 Å². The molecule has 0 bridgehead atoms. The van der Waals surface area contributed by atoms with Crippen LogP contribution in [0.25, 0.3) is 0 Å². The van der Waals surface area contributed by atoms with Crippen LogP contribution in [0.5, 0.6) is 0 Å². The number of nitrogens with one attached hydrogen (secondary N) is 1. The number of benzene rings is 1. The molecular formula is C14H22FN. The van der Waals surface area contributed by atoms with E-state index in [2.05, 4.69) is 19.2 Å². The predicted octanol–water partition coefficient (Wildman–Crippen LogP) is 3.31. The Balaban J connectivity index is 2.48. The van der Waals surface area contributed by atoms with Crippen molar-refractivity contribution in [2.24, 2.45) is 5.92 Å². The van der Waals surface area contributed by atoms with Crippen LogP contribution in [0.2, 0.25) is 0 Å². The molecule has 1 rings (SSSR count). The molecule has 1 unspecified atom stereocenters. The molecule has 0 amide bonds. The Kier molecular flexibility index (Phi) is 5.47. The average molecular weight is 223 g/mol. The summed E-state index contributed by atoms with van der Waals surface area (Å²) in [5.41, 5.74) is 2.31. The molecule has 1 N–H and O–H groups in total. The molecule has 2 heteroatoms. The largest absolute Gasteiger partial charge is 0.316 e. The average Bonchev–Trinajstić information content (AvgIpc) is 2.24. The van der Waals surface area contributed by atoms with E-state index in [0.717, 1.165) is 31.5 Å². The van der Waals surface area contributed by atoms with Gasteiger partial charge in [-0.15, -0.1) is 0 Å². The quantitative estimate of drug-likeness (QED) is 0.730. The molecule has 0 heterocycles. The first-order chi connectivity index (χ1) is 7.63. The first kappa shape index (κ1) is 13.2. The van der Waals surface area contributed by atoms with Gasteiger partial charge in [0.2, 0.25) is 0 Å². The van der Waals surface area contributed by atoms with E-state index in [1.165, 1.54) is 11.6 Å². The SMILES string of the molecule is CCCNCC(C)Cc1cc(F)ccc1C. The normalized spacial score (nSPS) is 12.8. The summed E-state index contributed by atoms with van der Waals surface area (Å²) in [6.45, 7) is 8.47. The third kappa shape index (κ3) is 4.31. The van der Waals surface area contributed by atoms with Gasteiger partial charge in [0.25, 0.3) is 0 Å². The Morgan fingerprint density at radius 2 is 2.12 bits per heavy atom. The summed E-state index contributed by atoms with van der Waals surface area (Å²) >= 11 is 0. The molecule has 0 aliphatic rings. The molecule has 1 aromatic carbocycles. The van der Waals surface area contributed by atoms with Crippen molar-refractivity contribution in [2.75, 3.05) is 13.1 Å². The zero-order chi connectivity index (χ0) is 12.0. The van der Waals surface area contributed by atoms with E-state index in [9.17, 15) is 4.39 Å². The fourth-order valence-electron chi connectivity index (χ4n) is 1.83. The van der Waals surface area contributed by atoms with Crippen molar-refractivity contribution in [1.29, 1.82) is 0 Å². The Hall–Kier alpha value is -0.890. The predicted molar refractivity (Wildman–Crippen MR) is 67.2 cm³/mol. The lowest BCUT2D eigenvalue weighted by atomic mass is 9.97. The summed E-state index contributed by atoms with van der Waals surface area (Å²) in [6, 6.07) is 5.04. The highest BCUT2D eigenvalue weighted by atomic mass is 19.1. The molecule has 1 atom stereocenters. The van der Waals surface area contributed by atoms with E-state index in [0.29, 0.717) is 5.92 Å². The number of halogens is 1. The Labute approximate surface area is 98.1 Å².